The molecule has 0 bridgehead atoms. The standard InChI is InChI=1S/C14H25F3N2O2S/c1-22(20,21)19-7-5-11(6-8-19)10-18-13-4-2-3-12(9-13)14(15,16)17/h11-13,18H,2-10H2,1H3/t12-,13+/m1/s1. The first kappa shape index (κ1) is 18.0. The number of hydrogen-bond acceptors (Lipinski definition) is 3. The van der Waals surface area contributed by atoms with E-state index in [0.717, 1.165) is 19.3 Å². The van der Waals surface area contributed by atoms with Gasteiger partial charge >= 0.3 is 6.18 Å². The fraction of sp³-hybridized carbons (Fsp3) is 1.00. The van der Waals surface area contributed by atoms with Crippen molar-refractivity contribution in [1.29, 1.82) is 0 Å². The van der Waals surface area contributed by atoms with Crippen LogP contribution >= 0.6 is 0 Å². The molecule has 0 unspecified atom stereocenters. The molecule has 8 heteroatoms. The summed E-state index contributed by atoms with van der Waals surface area (Å²) in [5, 5.41) is 3.28. The van der Waals surface area contributed by atoms with Crippen molar-refractivity contribution in [3.63, 3.8) is 0 Å². The lowest BCUT2D eigenvalue weighted by Crippen LogP contribution is -2.44. The van der Waals surface area contributed by atoms with Gasteiger partial charge in [-0.25, -0.2) is 12.7 Å². The van der Waals surface area contributed by atoms with Crippen LogP contribution in [0.4, 0.5) is 13.2 Å². The number of sulfonamides is 1. The van der Waals surface area contributed by atoms with Crippen molar-refractivity contribution < 1.29 is 21.6 Å². The fourth-order valence-corrected chi connectivity index (χ4v) is 4.32. The largest absolute Gasteiger partial charge is 0.391 e. The van der Waals surface area contributed by atoms with Gasteiger partial charge in [0.15, 0.2) is 0 Å². The number of hydrogen-bond donors (Lipinski definition) is 1. The molecule has 0 aromatic rings. The Morgan fingerprint density at radius 3 is 2.32 bits per heavy atom. The molecular weight excluding hydrogens is 317 g/mol. The van der Waals surface area contributed by atoms with Crippen LogP contribution in [0.5, 0.6) is 0 Å². The molecular formula is C14H25F3N2O2S. The van der Waals surface area contributed by atoms with Gasteiger partial charge in [-0.05, 0) is 44.6 Å². The van der Waals surface area contributed by atoms with Crippen molar-refractivity contribution >= 4 is 10.0 Å². The fourth-order valence-electron chi connectivity index (χ4n) is 3.45. The molecule has 2 fully saturated rings. The molecule has 130 valence electrons. The zero-order valence-corrected chi connectivity index (χ0v) is 13.7. The van der Waals surface area contributed by atoms with Crippen molar-refractivity contribution in [2.75, 3.05) is 25.9 Å². The van der Waals surface area contributed by atoms with E-state index < -0.39 is 22.1 Å². The molecule has 0 aromatic heterocycles. The van der Waals surface area contributed by atoms with Crippen LogP contribution in [0.1, 0.15) is 38.5 Å². The highest BCUT2D eigenvalue weighted by Crippen LogP contribution is 2.37. The van der Waals surface area contributed by atoms with Crippen LogP contribution in [0.3, 0.4) is 0 Å². The number of nitrogens with one attached hydrogen (secondary N) is 1. The third kappa shape index (κ3) is 5.09. The molecule has 2 atom stereocenters. The van der Waals surface area contributed by atoms with Crippen molar-refractivity contribution in [3.05, 3.63) is 0 Å². The SMILES string of the molecule is CS(=O)(=O)N1CCC(CN[C@H]2CCC[C@@H](C(F)(F)F)C2)CC1. The Balaban J connectivity index is 1.73. The summed E-state index contributed by atoms with van der Waals surface area (Å²) in [4.78, 5) is 0. The molecule has 4 nitrogen and oxygen atoms in total. The summed E-state index contributed by atoms with van der Waals surface area (Å²) in [6.45, 7) is 1.72. The minimum absolute atomic E-state index is 0.0617. The Labute approximate surface area is 130 Å². The minimum Gasteiger partial charge on any atom is -0.314 e. The zero-order chi connectivity index (χ0) is 16.4. The Morgan fingerprint density at radius 1 is 1.14 bits per heavy atom. The Bertz CT molecular complexity index is 459. The third-order valence-corrected chi connectivity index (χ3v) is 6.18. The lowest BCUT2D eigenvalue weighted by Gasteiger charge is -2.34. The van der Waals surface area contributed by atoms with Gasteiger partial charge in [-0.2, -0.15) is 13.2 Å². The number of alkyl halides is 3. The van der Waals surface area contributed by atoms with E-state index in [1.807, 2.05) is 0 Å². The Morgan fingerprint density at radius 2 is 1.77 bits per heavy atom. The summed E-state index contributed by atoms with van der Waals surface area (Å²) in [6, 6.07) is -0.0617. The molecule has 2 rings (SSSR count). The summed E-state index contributed by atoms with van der Waals surface area (Å²) in [7, 11) is -3.12. The molecule has 2 aliphatic rings. The van der Waals surface area contributed by atoms with Crippen LogP contribution < -0.4 is 5.32 Å². The van der Waals surface area contributed by atoms with Crippen LogP contribution in [-0.4, -0.2) is 50.8 Å². The van der Waals surface area contributed by atoms with Crippen molar-refractivity contribution in [1.82, 2.24) is 9.62 Å². The predicted molar refractivity (Wildman–Crippen MR) is 78.9 cm³/mol. The maximum atomic E-state index is 12.8. The summed E-state index contributed by atoms with van der Waals surface area (Å²) in [5.74, 6) is -0.824. The highest BCUT2D eigenvalue weighted by Gasteiger charge is 2.42. The van der Waals surface area contributed by atoms with Gasteiger partial charge in [-0.3, -0.25) is 0 Å². The van der Waals surface area contributed by atoms with Crippen LogP contribution in [0.15, 0.2) is 0 Å². The van der Waals surface area contributed by atoms with Gasteiger partial charge in [0.05, 0.1) is 12.2 Å². The van der Waals surface area contributed by atoms with Crippen LogP contribution in [0.2, 0.25) is 0 Å². The monoisotopic (exact) mass is 342 g/mol. The maximum Gasteiger partial charge on any atom is 0.391 e. The van der Waals surface area contributed by atoms with E-state index in [2.05, 4.69) is 5.32 Å². The van der Waals surface area contributed by atoms with Crippen molar-refractivity contribution in [3.8, 4) is 0 Å². The highest BCUT2D eigenvalue weighted by atomic mass is 32.2. The number of nitrogens with zero attached hydrogens (tertiary/aromatic N) is 1. The first-order valence-corrected chi connectivity index (χ1v) is 9.76. The second-order valence-corrected chi connectivity index (χ2v) is 8.60. The van der Waals surface area contributed by atoms with Gasteiger partial charge in [0.2, 0.25) is 10.0 Å². The quantitative estimate of drug-likeness (QED) is 0.853. The van der Waals surface area contributed by atoms with Gasteiger partial charge in [0, 0.05) is 19.1 Å². The first-order valence-electron chi connectivity index (χ1n) is 7.91. The van der Waals surface area contributed by atoms with E-state index in [1.165, 1.54) is 10.6 Å². The van der Waals surface area contributed by atoms with Gasteiger partial charge in [-0.1, -0.05) is 6.42 Å². The van der Waals surface area contributed by atoms with Crippen molar-refractivity contribution in [2.24, 2.45) is 11.8 Å². The zero-order valence-electron chi connectivity index (χ0n) is 12.9. The molecule has 22 heavy (non-hydrogen) atoms. The summed E-state index contributed by atoms with van der Waals surface area (Å²) < 4.78 is 62.7. The Kier molecular flexibility index (Phi) is 5.77. The lowest BCUT2D eigenvalue weighted by molar-refractivity contribution is -0.183. The topological polar surface area (TPSA) is 49.4 Å². The number of halogens is 3. The van der Waals surface area contributed by atoms with E-state index in [9.17, 15) is 21.6 Å². The van der Waals surface area contributed by atoms with Crippen LogP contribution in [0, 0.1) is 11.8 Å². The average molecular weight is 342 g/mol. The number of piperidine rings is 1. The summed E-state index contributed by atoms with van der Waals surface area (Å²) in [6.07, 6.45) is 0.514. The number of rotatable bonds is 4. The second kappa shape index (κ2) is 7.05. The molecule has 0 aromatic carbocycles. The summed E-state index contributed by atoms with van der Waals surface area (Å²) in [5.41, 5.74) is 0. The van der Waals surface area contributed by atoms with Crippen LogP contribution in [0.25, 0.3) is 0 Å². The normalized spacial score (nSPS) is 29.6. The molecule has 1 aliphatic heterocycles. The molecule has 1 N–H and O–H groups in total. The van der Waals surface area contributed by atoms with Gasteiger partial charge in [0.25, 0.3) is 0 Å². The molecule has 1 heterocycles. The first-order chi connectivity index (χ1) is 10.2. The molecule has 0 radical (unpaired) electrons. The molecule has 1 saturated carbocycles. The van der Waals surface area contributed by atoms with Gasteiger partial charge < -0.3 is 5.32 Å². The van der Waals surface area contributed by atoms with E-state index >= 15 is 0 Å². The molecule has 0 amide bonds. The van der Waals surface area contributed by atoms with E-state index in [0.29, 0.717) is 32.0 Å². The predicted octanol–water partition coefficient (Wildman–Crippen LogP) is 2.37. The average Bonchev–Trinajstić information content (AvgIpc) is 2.44. The summed E-state index contributed by atoms with van der Waals surface area (Å²) >= 11 is 0. The van der Waals surface area contributed by atoms with Gasteiger partial charge in [0.1, 0.15) is 0 Å². The molecule has 0 spiro atoms. The lowest BCUT2D eigenvalue weighted by atomic mass is 9.85. The Hall–Kier alpha value is -0.340. The van der Waals surface area contributed by atoms with E-state index in [4.69, 9.17) is 0 Å². The molecule has 1 aliphatic carbocycles. The molecule has 1 saturated heterocycles. The third-order valence-electron chi connectivity index (χ3n) is 4.87. The van der Waals surface area contributed by atoms with Gasteiger partial charge in [-0.15, -0.1) is 0 Å². The smallest absolute Gasteiger partial charge is 0.314 e. The highest BCUT2D eigenvalue weighted by molar-refractivity contribution is 7.88. The maximum absolute atomic E-state index is 12.8. The van der Waals surface area contributed by atoms with Crippen LogP contribution in [-0.2, 0) is 10.0 Å². The second-order valence-electron chi connectivity index (χ2n) is 6.62. The van der Waals surface area contributed by atoms with Crippen molar-refractivity contribution in [2.45, 2.75) is 50.7 Å². The van der Waals surface area contributed by atoms with E-state index in [-0.39, 0.29) is 18.9 Å². The minimum atomic E-state index is -4.08. The van der Waals surface area contributed by atoms with E-state index in [1.54, 1.807) is 0 Å².